The SMILES string of the molecule is C=C.C=C.C=C.C=C.O=C(O)CN(CCN(CC(=O)O)CC(=O)O)CC(=O)O. The van der Waals surface area contributed by atoms with Gasteiger partial charge in [-0.15, -0.1) is 52.6 Å². The van der Waals surface area contributed by atoms with Crippen molar-refractivity contribution < 1.29 is 39.6 Å². The van der Waals surface area contributed by atoms with Crippen molar-refractivity contribution in [3.8, 4) is 0 Å². The van der Waals surface area contributed by atoms with Crippen molar-refractivity contribution in [1.29, 1.82) is 0 Å². The van der Waals surface area contributed by atoms with E-state index in [0.29, 0.717) is 0 Å². The third kappa shape index (κ3) is 34.2. The first-order valence-corrected chi connectivity index (χ1v) is 7.52. The van der Waals surface area contributed by atoms with Crippen LogP contribution in [-0.2, 0) is 19.2 Å². The number of hydrogen-bond donors (Lipinski definition) is 4. The van der Waals surface area contributed by atoms with E-state index in [1.54, 1.807) is 0 Å². The maximum atomic E-state index is 10.6. The Hall–Kier alpha value is -3.24. The zero-order valence-electron chi connectivity index (χ0n) is 16.2. The summed E-state index contributed by atoms with van der Waals surface area (Å²) in [6, 6.07) is 0. The van der Waals surface area contributed by atoms with Crippen LogP contribution in [0.4, 0.5) is 0 Å². The van der Waals surface area contributed by atoms with E-state index in [0.717, 1.165) is 9.80 Å². The van der Waals surface area contributed by atoms with Gasteiger partial charge in [-0.3, -0.25) is 29.0 Å². The first-order chi connectivity index (χ1) is 13.2. The zero-order valence-corrected chi connectivity index (χ0v) is 16.2. The van der Waals surface area contributed by atoms with Crippen LogP contribution < -0.4 is 0 Å². The molecular weight excluding hydrogens is 372 g/mol. The second-order valence-corrected chi connectivity index (χ2v) is 4.00. The van der Waals surface area contributed by atoms with Crippen LogP contribution in [0.5, 0.6) is 0 Å². The topological polar surface area (TPSA) is 156 Å². The average molecular weight is 404 g/mol. The maximum absolute atomic E-state index is 10.6. The van der Waals surface area contributed by atoms with Crippen LogP contribution in [0, 0.1) is 0 Å². The quantitative estimate of drug-likeness (QED) is 0.368. The van der Waals surface area contributed by atoms with Crippen LogP contribution in [-0.4, -0.2) is 93.4 Å². The van der Waals surface area contributed by atoms with Crippen molar-refractivity contribution >= 4 is 23.9 Å². The molecular formula is C18H32N2O8. The standard InChI is InChI=1S/C10H16N2O8.4C2H4/c13-7(14)3-11(4-8(15)16)1-2-12(5-9(17)18)6-10(19)20;4*1-2/h1-6H2,(H,13,14)(H,15,16)(H,17,18)(H,19,20);4*1-2H2. The van der Waals surface area contributed by atoms with Crippen LogP contribution in [0.15, 0.2) is 52.6 Å². The smallest absolute Gasteiger partial charge is 0.317 e. The van der Waals surface area contributed by atoms with E-state index in [-0.39, 0.29) is 13.1 Å². The highest BCUT2D eigenvalue weighted by molar-refractivity contribution is 5.73. The molecule has 0 bridgehead atoms. The molecule has 0 unspecified atom stereocenters. The molecule has 0 atom stereocenters. The van der Waals surface area contributed by atoms with E-state index in [4.69, 9.17) is 20.4 Å². The van der Waals surface area contributed by atoms with Crippen molar-refractivity contribution in [2.45, 2.75) is 0 Å². The number of rotatable bonds is 11. The summed E-state index contributed by atoms with van der Waals surface area (Å²) in [5.74, 6) is -4.91. The number of carboxylic acids is 4. The second-order valence-electron chi connectivity index (χ2n) is 4.00. The molecule has 0 saturated carbocycles. The van der Waals surface area contributed by atoms with Gasteiger partial charge < -0.3 is 20.4 Å². The van der Waals surface area contributed by atoms with Gasteiger partial charge in [-0.05, 0) is 0 Å². The Bertz CT molecular complexity index is 367. The van der Waals surface area contributed by atoms with Gasteiger partial charge in [0.15, 0.2) is 0 Å². The molecule has 0 aliphatic rings. The minimum Gasteiger partial charge on any atom is -0.480 e. The summed E-state index contributed by atoms with van der Waals surface area (Å²) in [5, 5.41) is 34.5. The Morgan fingerprint density at radius 1 is 0.464 bits per heavy atom. The van der Waals surface area contributed by atoms with E-state index in [1.807, 2.05) is 0 Å². The number of nitrogens with zero attached hydrogens (tertiary/aromatic N) is 2. The van der Waals surface area contributed by atoms with Gasteiger partial charge in [0.2, 0.25) is 0 Å². The summed E-state index contributed by atoms with van der Waals surface area (Å²) in [6.45, 7) is 21.7. The van der Waals surface area contributed by atoms with Crippen molar-refractivity contribution in [1.82, 2.24) is 9.80 Å². The molecule has 10 nitrogen and oxygen atoms in total. The fourth-order valence-electron chi connectivity index (χ4n) is 1.48. The van der Waals surface area contributed by atoms with E-state index in [2.05, 4.69) is 52.6 Å². The van der Waals surface area contributed by atoms with Gasteiger partial charge >= 0.3 is 23.9 Å². The van der Waals surface area contributed by atoms with Gasteiger partial charge in [0.1, 0.15) is 0 Å². The molecule has 0 saturated heterocycles. The fourth-order valence-corrected chi connectivity index (χ4v) is 1.48. The first kappa shape index (κ1) is 35.8. The van der Waals surface area contributed by atoms with Gasteiger partial charge in [-0.2, -0.15) is 0 Å². The van der Waals surface area contributed by atoms with Gasteiger partial charge in [0.25, 0.3) is 0 Å². The van der Waals surface area contributed by atoms with Crippen LogP contribution in [0.3, 0.4) is 0 Å². The minimum atomic E-state index is -1.23. The van der Waals surface area contributed by atoms with E-state index in [1.165, 1.54) is 0 Å². The first-order valence-electron chi connectivity index (χ1n) is 7.52. The van der Waals surface area contributed by atoms with Crippen LogP contribution >= 0.6 is 0 Å². The Morgan fingerprint density at radius 3 is 0.714 bits per heavy atom. The molecule has 0 amide bonds. The van der Waals surface area contributed by atoms with Gasteiger partial charge in [0.05, 0.1) is 26.2 Å². The zero-order chi connectivity index (χ0) is 23.7. The molecule has 28 heavy (non-hydrogen) atoms. The highest BCUT2D eigenvalue weighted by Crippen LogP contribution is 1.94. The van der Waals surface area contributed by atoms with E-state index >= 15 is 0 Å². The largest absolute Gasteiger partial charge is 0.480 e. The van der Waals surface area contributed by atoms with Crippen molar-refractivity contribution in [2.24, 2.45) is 0 Å². The van der Waals surface area contributed by atoms with Gasteiger partial charge in [0, 0.05) is 13.1 Å². The van der Waals surface area contributed by atoms with E-state index in [9.17, 15) is 19.2 Å². The molecule has 0 aromatic carbocycles. The molecule has 0 fully saturated rings. The third-order valence-corrected chi connectivity index (χ3v) is 2.17. The number of carbonyl (C=O) groups is 4. The highest BCUT2D eigenvalue weighted by Gasteiger charge is 2.17. The van der Waals surface area contributed by atoms with E-state index < -0.39 is 50.1 Å². The third-order valence-electron chi connectivity index (χ3n) is 2.17. The number of hydrogen-bond acceptors (Lipinski definition) is 6. The summed E-state index contributed by atoms with van der Waals surface area (Å²) in [6.07, 6.45) is 0. The normalized spacial score (nSPS) is 8.21. The minimum absolute atomic E-state index is 0.0703. The second kappa shape index (κ2) is 28.6. The molecule has 0 spiro atoms. The lowest BCUT2D eigenvalue weighted by Crippen LogP contribution is -2.43. The summed E-state index contributed by atoms with van der Waals surface area (Å²) >= 11 is 0. The summed E-state index contributed by atoms with van der Waals surface area (Å²) in [7, 11) is 0. The molecule has 0 radical (unpaired) electrons. The lowest BCUT2D eigenvalue weighted by Gasteiger charge is -2.23. The molecule has 0 rings (SSSR count). The Kier molecular flexibility index (Phi) is 36.5. The van der Waals surface area contributed by atoms with Crippen LogP contribution in [0.2, 0.25) is 0 Å². The predicted molar refractivity (Wildman–Crippen MR) is 108 cm³/mol. The molecule has 10 heteroatoms. The lowest BCUT2D eigenvalue weighted by atomic mass is 10.4. The molecule has 4 N–H and O–H groups in total. The maximum Gasteiger partial charge on any atom is 0.317 e. The fraction of sp³-hybridized carbons (Fsp3) is 0.333. The Morgan fingerprint density at radius 2 is 0.607 bits per heavy atom. The summed E-state index contributed by atoms with van der Waals surface area (Å²) in [5.41, 5.74) is 0. The molecule has 0 aliphatic carbocycles. The number of aliphatic carboxylic acids is 4. The van der Waals surface area contributed by atoms with Gasteiger partial charge in [-0.1, -0.05) is 0 Å². The molecule has 0 aromatic heterocycles. The lowest BCUT2D eigenvalue weighted by molar-refractivity contribution is -0.145. The average Bonchev–Trinajstić information content (AvgIpc) is 2.64. The number of carboxylic acid groups (broad SMARTS) is 4. The van der Waals surface area contributed by atoms with Gasteiger partial charge in [-0.25, -0.2) is 0 Å². The highest BCUT2D eigenvalue weighted by atomic mass is 16.4. The predicted octanol–water partition coefficient (Wildman–Crippen LogP) is 1.14. The van der Waals surface area contributed by atoms with Crippen LogP contribution in [0.25, 0.3) is 0 Å². The van der Waals surface area contributed by atoms with Crippen molar-refractivity contribution in [2.75, 3.05) is 39.3 Å². The van der Waals surface area contributed by atoms with Crippen LogP contribution in [0.1, 0.15) is 0 Å². The Balaban J connectivity index is -0.000000194. The molecule has 0 aromatic rings. The van der Waals surface area contributed by atoms with Crippen molar-refractivity contribution in [3.63, 3.8) is 0 Å². The summed E-state index contributed by atoms with van der Waals surface area (Å²) < 4.78 is 0. The molecule has 0 heterocycles. The Labute approximate surface area is 166 Å². The molecule has 0 aliphatic heterocycles. The molecule has 162 valence electrons. The summed E-state index contributed by atoms with van der Waals surface area (Å²) in [4.78, 5) is 44.4. The van der Waals surface area contributed by atoms with Crippen molar-refractivity contribution in [3.05, 3.63) is 52.6 Å². The monoisotopic (exact) mass is 404 g/mol.